The van der Waals surface area contributed by atoms with Crippen molar-refractivity contribution in [3.05, 3.63) is 93.5 Å². The molecule has 0 unspecified atom stereocenters. The lowest BCUT2D eigenvalue weighted by atomic mass is 10.0. The molecule has 9 nitrogen and oxygen atoms in total. The number of nitrogens with one attached hydrogen (secondary N) is 2. The molecule has 0 saturated heterocycles. The predicted octanol–water partition coefficient (Wildman–Crippen LogP) is 4.21. The fraction of sp³-hybridized carbons (Fsp3) is 0.160. The van der Waals surface area contributed by atoms with Crippen molar-refractivity contribution < 1.29 is 19.3 Å². The van der Waals surface area contributed by atoms with E-state index in [1.54, 1.807) is 30.3 Å². The molecule has 4 rings (SSSR count). The van der Waals surface area contributed by atoms with Gasteiger partial charge >= 0.3 is 0 Å². The summed E-state index contributed by atoms with van der Waals surface area (Å²) in [6, 6.07) is 16.3. The average molecular weight is 458 g/mol. The number of nitro groups is 1. The third kappa shape index (κ3) is 4.49. The van der Waals surface area contributed by atoms with E-state index < -0.39 is 28.7 Å². The largest absolute Gasteiger partial charge is 0.326 e. The Morgan fingerprint density at radius 3 is 2.53 bits per heavy atom. The highest BCUT2D eigenvalue weighted by molar-refractivity contribution is 6.18. The zero-order valence-electron chi connectivity index (χ0n) is 18.6. The van der Waals surface area contributed by atoms with E-state index in [-0.39, 0.29) is 17.7 Å². The molecule has 0 aliphatic carbocycles. The van der Waals surface area contributed by atoms with Gasteiger partial charge in [-0.15, -0.1) is 0 Å². The first kappa shape index (κ1) is 22.7. The molecule has 0 fully saturated rings. The van der Waals surface area contributed by atoms with Crippen molar-refractivity contribution in [1.29, 1.82) is 0 Å². The maximum atomic E-state index is 13.5. The monoisotopic (exact) mass is 458 g/mol. The summed E-state index contributed by atoms with van der Waals surface area (Å²) in [6.07, 6.45) is -0.298. The number of aryl methyl sites for hydroxylation is 2. The minimum Gasteiger partial charge on any atom is -0.326 e. The molecule has 34 heavy (non-hydrogen) atoms. The lowest BCUT2D eigenvalue weighted by Crippen LogP contribution is -2.52. The summed E-state index contributed by atoms with van der Waals surface area (Å²) >= 11 is 0. The number of carbonyl (C=O) groups is 3. The minimum atomic E-state index is -1.15. The molecule has 2 N–H and O–H groups in total. The SMILES string of the molecule is Cc1ccc(NC(=O)C[C@H]2C(=O)Nc3ccccc3N2C(=O)c2cccc([N+](=O)[O-])c2)cc1C. The summed E-state index contributed by atoms with van der Waals surface area (Å²) in [7, 11) is 0. The van der Waals surface area contributed by atoms with E-state index >= 15 is 0 Å². The number of hydrogen-bond acceptors (Lipinski definition) is 5. The topological polar surface area (TPSA) is 122 Å². The lowest BCUT2D eigenvalue weighted by molar-refractivity contribution is -0.384. The van der Waals surface area contributed by atoms with Gasteiger partial charge in [0.1, 0.15) is 6.04 Å². The molecular weight excluding hydrogens is 436 g/mol. The molecule has 172 valence electrons. The van der Waals surface area contributed by atoms with E-state index in [1.165, 1.54) is 23.1 Å². The van der Waals surface area contributed by atoms with Gasteiger partial charge in [-0.2, -0.15) is 0 Å². The lowest BCUT2D eigenvalue weighted by Gasteiger charge is -2.36. The van der Waals surface area contributed by atoms with E-state index in [0.717, 1.165) is 17.2 Å². The Hall–Kier alpha value is -4.53. The second-order valence-corrected chi connectivity index (χ2v) is 8.06. The van der Waals surface area contributed by atoms with Gasteiger partial charge in [-0.3, -0.25) is 29.4 Å². The molecule has 0 spiro atoms. The summed E-state index contributed by atoms with van der Waals surface area (Å²) in [5.74, 6) is -1.58. The first-order valence-corrected chi connectivity index (χ1v) is 10.6. The van der Waals surface area contributed by atoms with Gasteiger partial charge < -0.3 is 10.6 Å². The van der Waals surface area contributed by atoms with E-state index in [9.17, 15) is 24.5 Å². The van der Waals surface area contributed by atoms with Crippen LogP contribution < -0.4 is 15.5 Å². The van der Waals surface area contributed by atoms with Crippen LogP contribution in [-0.2, 0) is 9.59 Å². The number of fused-ring (bicyclic) bond motifs is 1. The highest BCUT2D eigenvalue weighted by atomic mass is 16.6. The molecule has 0 radical (unpaired) electrons. The van der Waals surface area contributed by atoms with Crippen LogP contribution in [0.5, 0.6) is 0 Å². The Balaban J connectivity index is 1.67. The fourth-order valence-corrected chi connectivity index (χ4v) is 3.82. The molecule has 3 aromatic carbocycles. The van der Waals surface area contributed by atoms with Gasteiger partial charge in [-0.25, -0.2) is 0 Å². The molecular formula is C25H22N4O5. The smallest absolute Gasteiger partial charge is 0.270 e. The molecule has 1 aliphatic rings. The van der Waals surface area contributed by atoms with Gasteiger partial charge in [-0.1, -0.05) is 24.3 Å². The van der Waals surface area contributed by atoms with Crippen molar-refractivity contribution >= 4 is 40.5 Å². The van der Waals surface area contributed by atoms with E-state index in [0.29, 0.717) is 17.1 Å². The van der Waals surface area contributed by atoms with Gasteiger partial charge in [0.25, 0.3) is 11.6 Å². The van der Waals surface area contributed by atoms with Crippen molar-refractivity contribution in [2.45, 2.75) is 26.3 Å². The number of rotatable bonds is 5. The van der Waals surface area contributed by atoms with Crippen LogP contribution in [0.25, 0.3) is 0 Å². The number of hydrogen-bond donors (Lipinski definition) is 2. The first-order valence-electron chi connectivity index (χ1n) is 10.6. The van der Waals surface area contributed by atoms with Crippen LogP contribution in [0.2, 0.25) is 0 Å². The number of carbonyl (C=O) groups excluding carboxylic acids is 3. The van der Waals surface area contributed by atoms with Gasteiger partial charge in [0, 0.05) is 23.4 Å². The summed E-state index contributed by atoms with van der Waals surface area (Å²) in [5, 5.41) is 16.7. The van der Waals surface area contributed by atoms with Gasteiger partial charge in [0.15, 0.2) is 0 Å². The number of nitro benzene ring substituents is 1. The number of nitrogens with zero attached hydrogens (tertiary/aromatic N) is 2. The van der Waals surface area contributed by atoms with Crippen LogP contribution >= 0.6 is 0 Å². The summed E-state index contributed by atoms with van der Waals surface area (Å²) in [6.45, 7) is 3.89. The van der Waals surface area contributed by atoms with Crippen LogP contribution in [0.4, 0.5) is 22.7 Å². The molecule has 3 amide bonds. The molecule has 9 heteroatoms. The Labute approximate surface area is 195 Å². The molecule has 0 bridgehead atoms. The van der Waals surface area contributed by atoms with Crippen molar-refractivity contribution in [3.8, 4) is 0 Å². The Kier molecular flexibility index (Phi) is 6.09. The van der Waals surface area contributed by atoms with E-state index in [2.05, 4.69) is 10.6 Å². The van der Waals surface area contributed by atoms with Gasteiger partial charge in [-0.05, 0) is 55.3 Å². The number of benzene rings is 3. The number of anilines is 3. The number of amides is 3. The average Bonchev–Trinajstić information content (AvgIpc) is 2.81. The normalized spacial score (nSPS) is 14.7. The van der Waals surface area contributed by atoms with Crippen molar-refractivity contribution in [2.75, 3.05) is 15.5 Å². The summed E-state index contributed by atoms with van der Waals surface area (Å²) in [4.78, 5) is 51.2. The zero-order chi connectivity index (χ0) is 24.4. The van der Waals surface area contributed by atoms with Crippen LogP contribution in [0.1, 0.15) is 27.9 Å². The molecule has 1 atom stereocenters. The molecule has 0 aromatic heterocycles. The van der Waals surface area contributed by atoms with Crippen molar-refractivity contribution in [3.63, 3.8) is 0 Å². The summed E-state index contributed by atoms with van der Waals surface area (Å²) < 4.78 is 0. The van der Waals surface area contributed by atoms with E-state index in [4.69, 9.17) is 0 Å². The predicted molar refractivity (Wildman–Crippen MR) is 128 cm³/mol. The second-order valence-electron chi connectivity index (χ2n) is 8.06. The molecule has 0 saturated carbocycles. The number of para-hydroxylation sites is 2. The van der Waals surface area contributed by atoms with Crippen LogP contribution in [0.15, 0.2) is 66.7 Å². The third-order valence-corrected chi connectivity index (χ3v) is 5.73. The second kappa shape index (κ2) is 9.14. The van der Waals surface area contributed by atoms with Crippen LogP contribution in [0.3, 0.4) is 0 Å². The quantitative estimate of drug-likeness (QED) is 0.438. The van der Waals surface area contributed by atoms with Crippen LogP contribution in [0, 0.1) is 24.0 Å². The molecule has 1 heterocycles. The molecule has 3 aromatic rings. The number of non-ortho nitro benzene ring substituents is 1. The first-order chi connectivity index (χ1) is 16.2. The Morgan fingerprint density at radius 2 is 1.79 bits per heavy atom. The van der Waals surface area contributed by atoms with Gasteiger partial charge in [0.05, 0.1) is 22.7 Å². The third-order valence-electron chi connectivity index (χ3n) is 5.73. The Bertz CT molecular complexity index is 1320. The van der Waals surface area contributed by atoms with E-state index in [1.807, 2.05) is 26.0 Å². The van der Waals surface area contributed by atoms with Gasteiger partial charge in [0.2, 0.25) is 11.8 Å². The highest BCUT2D eigenvalue weighted by Gasteiger charge is 2.38. The summed E-state index contributed by atoms with van der Waals surface area (Å²) in [5.41, 5.74) is 3.28. The fourth-order valence-electron chi connectivity index (χ4n) is 3.82. The van der Waals surface area contributed by atoms with Crippen LogP contribution in [-0.4, -0.2) is 28.7 Å². The van der Waals surface area contributed by atoms with Crippen molar-refractivity contribution in [2.24, 2.45) is 0 Å². The van der Waals surface area contributed by atoms with Crippen molar-refractivity contribution in [1.82, 2.24) is 0 Å². The Morgan fingerprint density at radius 1 is 1.03 bits per heavy atom. The highest BCUT2D eigenvalue weighted by Crippen LogP contribution is 2.34. The maximum absolute atomic E-state index is 13.5. The maximum Gasteiger partial charge on any atom is 0.270 e. The standard InChI is InChI=1S/C25H22N4O5/c1-15-10-11-18(12-16(15)2)26-23(30)14-22-24(31)27-20-8-3-4-9-21(20)28(22)25(32)17-6-5-7-19(13-17)29(33)34/h3-13,22H,14H2,1-2H3,(H,26,30)(H,27,31)/t22-/m0/s1. The zero-order valence-corrected chi connectivity index (χ0v) is 18.6. The molecule has 1 aliphatic heterocycles. The minimum absolute atomic E-state index is 0.0401.